The maximum absolute atomic E-state index is 14.0. The summed E-state index contributed by atoms with van der Waals surface area (Å²) in [6, 6.07) is 1.96. The Morgan fingerprint density at radius 2 is 1.93 bits per heavy atom. The molecule has 0 atom stereocenters. The van der Waals surface area contributed by atoms with E-state index in [4.69, 9.17) is 5.73 Å². The fourth-order valence-corrected chi connectivity index (χ4v) is 2.24. The van der Waals surface area contributed by atoms with Crippen LogP contribution in [0.1, 0.15) is 18.4 Å². The van der Waals surface area contributed by atoms with Crippen LogP contribution in [-0.4, -0.2) is 6.04 Å². The van der Waals surface area contributed by atoms with Gasteiger partial charge in [0.15, 0.2) is 0 Å². The second kappa shape index (κ2) is 3.49. The molecule has 1 aromatic carbocycles. The first kappa shape index (κ1) is 11.0. The van der Waals surface area contributed by atoms with Crippen molar-refractivity contribution < 1.29 is 13.2 Å². The minimum atomic E-state index is -1.95. The molecule has 1 nitrogen and oxygen atoms in total. The molecule has 1 aliphatic rings. The molecule has 5 heteroatoms. The van der Waals surface area contributed by atoms with E-state index >= 15 is 0 Å². The average Bonchev–Trinajstić information content (AvgIpc) is 2.10. The van der Waals surface area contributed by atoms with Gasteiger partial charge in [0.05, 0.1) is 10.0 Å². The molecule has 1 fully saturated rings. The zero-order valence-electron chi connectivity index (χ0n) is 7.74. The van der Waals surface area contributed by atoms with Crippen LogP contribution in [0.3, 0.4) is 0 Å². The smallest absolute Gasteiger partial charge is 0.146 e. The predicted octanol–water partition coefficient (Wildman–Crippen LogP) is 3.01. The standard InChI is InChI=1S/C10H9BrF3N/c11-6-1-2-7(12)8(9(6)13)10(14)3-5(15)4-10/h1-2,5H,3-4,15H2. The van der Waals surface area contributed by atoms with Gasteiger partial charge in [0, 0.05) is 18.9 Å². The lowest BCUT2D eigenvalue weighted by molar-refractivity contribution is 0.0328. The van der Waals surface area contributed by atoms with Crippen LogP contribution in [0.2, 0.25) is 0 Å². The summed E-state index contributed by atoms with van der Waals surface area (Å²) in [7, 11) is 0. The van der Waals surface area contributed by atoms with Crippen molar-refractivity contribution >= 4 is 15.9 Å². The van der Waals surface area contributed by atoms with E-state index in [-0.39, 0.29) is 23.4 Å². The summed E-state index contributed by atoms with van der Waals surface area (Å²) in [5, 5.41) is 0. The Bertz CT molecular complexity index is 402. The maximum atomic E-state index is 14.0. The van der Waals surface area contributed by atoms with Crippen molar-refractivity contribution in [1.29, 1.82) is 0 Å². The van der Waals surface area contributed by atoms with Crippen molar-refractivity contribution in [1.82, 2.24) is 0 Å². The SMILES string of the molecule is NC1CC(F)(c2c(F)ccc(Br)c2F)C1. The lowest BCUT2D eigenvalue weighted by Gasteiger charge is -2.39. The molecule has 1 aromatic rings. The molecule has 15 heavy (non-hydrogen) atoms. The molecule has 0 spiro atoms. The van der Waals surface area contributed by atoms with Crippen LogP contribution in [0.25, 0.3) is 0 Å². The number of halogens is 4. The van der Waals surface area contributed by atoms with E-state index in [1.807, 2.05) is 0 Å². The van der Waals surface area contributed by atoms with E-state index in [1.165, 1.54) is 6.07 Å². The fraction of sp³-hybridized carbons (Fsp3) is 0.400. The van der Waals surface area contributed by atoms with Crippen molar-refractivity contribution in [2.24, 2.45) is 5.73 Å². The van der Waals surface area contributed by atoms with Gasteiger partial charge >= 0.3 is 0 Å². The van der Waals surface area contributed by atoms with Gasteiger partial charge in [-0.2, -0.15) is 0 Å². The van der Waals surface area contributed by atoms with Gasteiger partial charge in [0.2, 0.25) is 0 Å². The number of rotatable bonds is 1. The van der Waals surface area contributed by atoms with Crippen molar-refractivity contribution in [3.8, 4) is 0 Å². The maximum Gasteiger partial charge on any atom is 0.146 e. The van der Waals surface area contributed by atoms with Crippen LogP contribution >= 0.6 is 15.9 Å². The lowest BCUT2D eigenvalue weighted by Crippen LogP contribution is -2.47. The molecular formula is C10H9BrF3N. The van der Waals surface area contributed by atoms with Gasteiger partial charge in [0.1, 0.15) is 17.3 Å². The molecule has 0 amide bonds. The summed E-state index contributed by atoms with van der Waals surface area (Å²) < 4.78 is 40.9. The Morgan fingerprint density at radius 1 is 1.33 bits per heavy atom. The third-order valence-electron chi connectivity index (χ3n) is 2.66. The molecule has 0 bridgehead atoms. The highest BCUT2D eigenvalue weighted by atomic mass is 79.9. The second-order valence-corrected chi connectivity index (χ2v) is 4.71. The molecule has 0 radical (unpaired) electrons. The van der Waals surface area contributed by atoms with Crippen LogP contribution < -0.4 is 5.73 Å². The van der Waals surface area contributed by atoms with Crippen LogP contribution in [-0.2, 0) is 5.67 Å². The molecule has 0 saturated heterocycles. The Morgan fingerprint density at radius 3 is 2.47 bits per heavy atom. The molecule has 0 aliphatic heterocycles. The third kappa shape index (κ3) is 1.67. The summed E-state index contributed by atoms with van der Waals surface area (Å²) in [4.78, 5) is 0. The molecule has 1 aliphatic carbocycles. The highest BCUT2D eigenvalue weighted by molar-refractivity contribution is 9.10. The number of alkyl halides is 1. The van der Waals surface area contributed by atoms with Crippen molar-refractivity contribution in [3.05, 3.63) is 33.8 Å². The number of nitrogens with two attached hydrogens (primary N) is 1. The highest BCUT2D eigenvalue weighted by Crippen LogP contribution is 2.47. The number of hydrogen-bond donors (Lipinski definition) is 1. The summed E-state index contributed by atoms with van der Waals surface area (Å²) in [5.41, 5.74) is 2.98. The van der Waals surface area contributed by atoms with E-state index in [9.17, 15) is 13.2 Å². The molecule has 2 N–H and O–H groups in total. The fourth-order valence-electron chi connectivity index (χ4n) is 1.91. The zero-order chi connectivity index (χ0) is 11.2. The topological polar surface area (TPSA) is 26.0 Å². The molecule has 0 aromatic heterocycles. The zero-order valence-corrected chi connectivity index (χ0v) is 9.32. The normalized spacial score (nSPS) is 30.1. The Balaban J connectivity index is 2.48. The molecule has 82 valence electrons. The monoisotopic (exact) mass is 279 g/mol. The van der Waals surface area contributed by atoms with E-state index in [1.54, 1.807) is 0 Å². The quantitative estimate of drug-likeness (QED) is 0.786. The summed E-state index contributed by atoms with van der Waals surface area (Å²) in [5.74, 6) is -1.73. The van der Waals surface area contributed by atoms with Crippen LogP contribution in [0, 0.1) is 11.6 Å². The Kier molecular flexibility index (Phi) is 2.55. The molecule has 2 rings (SSSR count). The first-order valence-electron chi connectivity index (χ1n) is 4.52. The van der Waals surface area contributed by atoms with E-state index in [0.29, 0.717) is 0 Å². The van der Waals surface area contributed by atoms with Crippen molar-refractivity contribution in [3.63, 3.8) is 0 Å². The van der Waals surface area contributed by atoms with Crippen LogP contribution in [0.4, 0.5) is 13.2 Å². The van der Waals surface area contributed by atoms with Gasteiger partial charge < -0.3 is 5.73 Å². The minimum Gasteiger partial charge on any atom is -0.327 e. The number of hydrogen-bond acceptors (Lipinski definition) is 1. The highest BCUT2D eigenvalue weighted by Gasteiger charge is 2.48. The Hall–Kier alpha value is -0.550. The first-order chi connectivity index (χ1) is 6.94. The summed E-state index contributed by atoms with van der Waals surface area (Å²) in [6.45, 7) is 0. The van der Waals surface area contributed by atoms with Gasteiger partial charge in [-0.1, -0.05) is 0 Å². The Labute approximate surface area is 93.6 Å². The van der Waals surface area contributed by atoms with Crippen molar-refractivity contribution in [2.75, 3.05) is 0 Å². The third-order valence-corrected chi connectivity index (χ3v) is 3.28. The molecular weight excluding hydrogens is 271 g/mol. The van der Waals surface area contributed by atoms with E-state index in [0.717, 1.165) is 6.07 Å². The van der Waals surface area contributed by atoms with Crippen molar-refractivity contribution in [2.45, 2.75) is 24.6 Å². The number of benzene rings is 1. The largest absolute Gasteiger partial charge is 0.327 e. The van der Waals surface area contributed by atoms with Gasteiger partial charge in [-0.15, -0.1) is 0 Å². The van der Waals surface area contributed by atoms with Gasteiger partial charge in [-0.25, -0.2) is 13.2 Å². The average molecular weight is 280 g/mol. The second-order valence-electron chi connectivity index (χ2n) is 3.85. The van der Waals surface area contributed by atoms with E-state index < -0.39 is 22.9 Å². The summed E-state index contributed by atoms with van der Waals surface area (Å²) in [6.07, 6.45) is -0.0609. The molecule has 0 unspecified atom stereocenters. The first-order valence-corrected chi connectivity index (χ1v) is 5.32. The van der Waals surface area contributed by atoms with Crippen LogP contribution in [0.15, 0.2) is 16.6 Å². The van der Waals surface area contributed by atoms with Gasteiger partial charge in [-0.05, 0) is 28.1 Å². The molecule has 0 heterocycles. The summed E-state index contributed by atoms with van der Waals surface area (Å²) >= 11 is 2.90. The van der Waals surface area contributed by atoms with E-state index in [2.05, 4.69) is 15.9 Å². The van der Waals surface area contributed by atoms with Gasteiger partial charge in [0.25, 0.3) is 0 Å². The van der Waals surface area contributed by atoms with Crippen LogP contribution in [0.5, 0.6) is 0 Å². The molecule has 1 saturated carbocycles. The predicted molar refractivity (Wildman–Crippen MR) is 54.1 cm³/mol. The minimum absolute atomic E-state index is 0.0305. The lowest BCUT2D eigenvalue weighted by atomic mass is 9.73. The van der Waals surface area contributed by atoms with Gasteiger partial charge in [-0.3, -0.25) is 0 Å².